The summed E-state index contributed by atoms with van der Waals surface area (Å²) in [5.41, 5.74) is 2.35. The summed E-state index contributed by atoms with van der Waals surface area (Å²) >= 11 is 0. The number of aliphatic imine (C=N–C) groups is 1. The Morgan fingerprint density at radius 2 is 1.90 bits per heavy atom. The van der Waals surface area contributed by atoms with Crippen molar-refractivity contribution in [2.45, 2.75) is 51.0 Å². The van der Waals surface area contributed by atoms with Crippen LogP contribution in [0.4, 0.5) is 0 Å². The number of hydrogen-bond acceptors (Lipinski definition) is 4. The normalized spacial score (nSPS) is 16.3. The smallest absolute Gasteiger partial charge is 0.191 e. The summed E-state index contributed by atoms with van der Waals surface area (Å²) in [6.45, 7) is 4.30. The predicted octanol–water partition coefficient (Wildman–Crippen LogP) is 3.38. The number of H-pyrrole nitrogens is 1. The Balaban J connectivity index is 1.79. The molecule has 0 spiro atoms. The van der Waals surface area contributed by atoms with Crippen molar-refractivity contribution in [1.82, 2.24) is 20.8 Å². The zero-order chi connectivity index (χ0) is 20.5. The van der Waals surface area contributed by atoms with Gasteiger partial charge >= 0.3 is 0 Å². The van der Waals surface area contributed by atoms with E-state index in [-0.39, 0.29) is 5.41 Å². The minimum Gasteiger partial charge on any atom is -0.493 e. The van der Waals surface area contributed by atoms with Crippen LogP contribution in [0.2, 0.25) is 0 Å². The standard InChI is InChI=1S/C22H33N5O2/c1-4-23-21(24-15-18-10-13-26-27-18)25-16-22(11-6-5-7-12-22)17-8-9-19(28-2)20(14-17)29-3/h8-10,13-14H,4-7,11-12,15-16H2,1-3H3,(H,26,27)(H2,23,24,25). The fourth-order valence-corrected chi connectivity index (χ4v) is 4.09. The molecule has 7 heteroatoms. The molecule has 0 radical (unpaired) electrons. The summed E-state index contributed by atoms with van der Waals surface area (Å²) in [7, 11) is 3.37. The average molecular weight is 400 g/mol. The molecular weight excluding hydrogens is 366 g/mol. The molecular formula is C22H33N5O2. The Morgan fingerprint density at radius 1 is 1.10 bits per heavy atom. The number of nitrogens with zero attached hydrogens (tertiary/aromatic N) is 2. The van der Waals surface area contributed by atoms with Crippen LogP contribution < -0.4 is 20.1 Å². The Hall–Kier alpha value is -2.70. The molecule has 1 aliphatic carbocycles. The lowest BCUT2D eigenvalue weighted by molar-refractivity contribution is 0.288. The molecule has 1 saturated carbocycles. The third-order valence-electron chi connectivity index (χ3n) is 5.71. The van der Waals surface area contributed by atoms with Gasteiger partial charge in [-0.3, -0.25) is 5.10 Å². The number of rotatable bonds is 8. The van der Waals surface area contributed by atoms with Crippen molar-refractivity contribution in [2.24, 2.45) is 4.99 Å². The third-order valence-corrected chi connectivity index (χ3v) is 5.71. The summed E-state index contributed by atoms with van der Waals surface area (Å²) in [6, 6.07) is 8.28. The van der Waals surface area contributed by atoms with Crippen LogP contribution in [0.15, 0.2) is 35.5 Å². The van der Waals surface area contributed by atoms with Crippen molar-refractivity contribution in [3.8, 4) is 11.5 Å². The summed E-state index contributed by atoms with van der Waals surface area (Å²) in [4.78, 5) is 4.70. The number of guanidine groups is 1. The van der Waals surface area contributed by atoms with E-state index >= 15 is 0 Å². The average Bonchev–Trinajstić information content (AvgIpc) is 3.29. The predicted molar refractivity (Wildman–Crippen MR) is 116 cm³/mol. The number of benzene rings is 1. The van der Waals surface area contributed by atoms with Gasteiger partial charge in [-0.05, 0) is 43.5 Å². The van der Waals surface area contributed by atoms with Crippen molar-refractivity contribution in [1.29, 1.82) is 0 Å². The highest BCUT2D eigenvalue weighted by atomic mass is 16.5. The molecule has 3 rings (SSSR count). The van der Waals surface area contributed by atoms with Gasteiger partial charge in [-0.1, -0.05) is 25.3 Å². The zero-order valence-corrected chi connectivity index (χ0v) is 17.8. The maximum atomic E-state index is 5.57. The Kier molecular flexibility index (Phi) is 7.38. The first kappa shape index (κ1) is 21.0. The van der Waals surface area contributed by atoms with Crippen molar-refractivity contribution in [3.63, 3.8) is 0 Å². The summed E-state index contributed by atoms with van der Waals surface area (Å²) < 4.78 is 11.0. The van der Waals surface area contributed by atoms with Gasteiger partial charge in [-0.25, -0.2) is 4.99 Å². The van der Waals surface area contributed by atoms with Crippen LogP contribution in [0.3, 0.4) is 0 Å². The highest BCUT2D eigenvalue weighted by Crippen LogP contribution is 2.42. The molecule has 7 nitrogen and oxygen atoms in total. The first-order valence-corrected chi connectivity index (χ1v) is 10.4. The van der Waals surface area contributed by atoms with Crippen molar-refractivity contribution in [2.75, 3.05) is 27.3 Å². The molecule has 0 amide bonds. The maximum absolute atomic E-state index is 5.57. The first-order chi connectivity index (χ1) is 14.2. The van der Waals surface area contributed by atoms with Crippen LogP contribution in [0.25, 0.3) is 0 Å². The van der Waals surface area contributed by atoms with E-state index < -0.39 is 0 Å². The second kappa shape index (κ2) is 10.2. The van der Waals surface area contributed by atoms with Crippen LogP contribution >= 0.6 is 0 Å². The number of methoxy groups -OCH3 is 2. The summed E-state index contributed by atoms with van der Waals surface area (Å²) in [6.07, 6.45) is 7.81. The molecule has 1 heterocycles. The van der Waals surface area contributed by atoms with Gasteiger partial charge in [0.15, 0.2) is 17.5 Å². The Bertz CT molecular complexity index is 783. The van der Waals surface area contributed by atoms with Crippen molar-refractivity contribution >= 4 is 5.96 Å². The van der Waals surface area contributed by atoms with E-state index in [1.54, 1.807) is 20.4 Å². The first-order valence-electron chi connectivity index (χ1n) is 10.4. The fourth-order valence-electron chi connectivity index (χ4n) is 4.09. The van der Waals surface area contributed by atoms with Gasteiger partial charge in [0.25, 0.3) is 0 Å². The lowest BCUT2D eigenvalue weighted by Crippen LogP contribution is -2.46. The van der Waals surface area contributed by atoms with E-state index in [1.165, 1.54) is 24.8 Å². The molecule has 1 aromatic carbocycles. The molecule has 0 atom stereocenters. The minimum atomic E-state index is 0.0575. The van der Waals surface area contributed by atoms with Gasteiger partial charge in [0.05, 0.1) is 26.5 Å². The molecule has 0 aliphatic heterocycles. The highest BCUT2D eigenvalue weighted by Gasteiger charge is 2.34. The molecule has 1 aliphatic rings. The summed E-state index contributed by atoms with van der Waals surface area (Å²) in [5, 5.41) is 13.9. The second-order valence-electron chi connectivity index (χ2n) is 7.54. The van der Waals surface area contributed by atoms with Crippen LogP contribution in [0.1, 0.15) is 50.3 Å². The quantitative estimate of drug-likeness (QED) is 0.468. The third kappa shape index (κ3) is 5.22. The lowest BCUT2D eigenvalue weighted by atomic mass is 9.69. The van der Waals surface area contributed by atoms with Gasteiger partial charge < -0.3 is 20.1 Å². The lowest BCUT2D eigenvalue weighted by Gasteiger charge is -2.38. The van der Waals surface area contributed by atoms with E-state index in [2.05, 4.69) is 39.9 Å². The van der Waals surface area contributed by atoms with Gasteiger partial charge in [0, 0.05) is 24.7 Å². The molecule has 1 fully saturated rings. The van der Waals surface area contributed by atoms with E-state index in [4.69, 9.17) is 14.5 Å². The molecule has 158 valence electrons. The summed E-state index contributed by atoms with van der Waals surface area (Å²) in [5.74, 6) is 2.38. The Morgan fingerprint density at radius 3 is 2.55 bits per heavy atom. The van der Waals surface area contributed by atoms with Crippen LogP contribution in [0, 0.1) is 0 Å². The van der Waals surface area contributed by atoms with Crippen LogP contribution in [-0.2, 0) is 12.0 Å². The number of nitrogens with one attached hydrogen (secondary N) is 3. The van der Waals surface area contributed by atoms with Gasteiger partial charge in [-0.15, -0.1) is 0 Å². The largest absolute Gasteiger partial charge is 0.493 e. The monoisotopic (exact) mass is 399 g/mol. The number of hydrogen-bond donors (Lipinski definition) is 3. The molecule has 0 bridgehead atoms. The van der Waals surface area contributed by atoms with Gasteiger partial charge in [0.1, 0.15) is 0 Å². The molecule has 1 aromatic heterocycles. The molecule has 0 unspecified atom stereocenters. The van der Waals surface area contributed by atoms with Gasteiger partial charge in [0.2, 0.25) is 0 Å². The number of ether oxygens (including phenoxy) is 2. The number of aromatic amines is 1. The minimum absolute atomic E-state index is 0.0575. The SMILES string of the molecule is CCNC(=NCc1ccn[nH]1)NCC1(c2ccc(OC)c(OC)c2)CCCCC1. The number of aromatic nitrogens is 2. The van der Waals surface area contributed by atoms with E-state index in [1.807, 2.05) is 12.1 Å². The molecule has 3 N–H and O–H groups in total. The topological polar surface area (TPSA) is 83.6 Å². The highest BCUT2D eigenvalue weighted by molar-refractivity contribution is 5.79. The Labute approximate surface area is 173 Å². The molecule has 2 aromatic rings. The van der Waals surface area contributed by atoms with E-state index in [9.17, 15) is 0 Å². The second-order valence-corrected chi connectivity index (χ2v) is 7.54. The molecule has 29 heavy (non-hydrogen) atoms. The fraction of sp³-hybridized carbons (Fsp3) is 0.545. The van der Waals surface area contributed by atoms with E-state index in [0.717, 1.165) is 49.1 Å². The van der Waals surface area contributed by atoms with E-state index in [0.29, 0.717) is 6.54 Å². The maximum Gasteiger partial charge on any atom is 0.191 e. The van der Waals surface area contributed by atoms with Crippen LogP contribution in [0.5, 0.6) is 11.5 Å². The van der Waals surface area contributed by atoms with Crippen molar-refractivity contribution in [3.05, 3.63) is 41.7 Å². The van der Waals surface area contributed by atoms with Crippen LogP contribution in [-0.4, -0.2) is 43.5 Å². The zero-order valence-electron chi connectivity index (χ0n) is 17.8. The van der Waals surface area contributed by atoms with Crippen molar-refractivity contribution < 1.29 is 9.47 Å². The van der Waals surface area contributed by atoms with Gasteiger partial charge in [-0.2, -0.15) is 5.10 Å². The molecule has 0 saturated heterocycles.